The first-order valence-electron chi connectivity index (χ1n) is 6.96. The Morgan fingerprint density at radius 3 is 2.39 bits per heavy atom. The van der Waals surface area contributed by atoms with Crippen molar-refractivity contribution in [1.29, 1.82) is 0 Å². The maximum Gasteiger partial charge on any atom is 0.174 e. The number of phenolic OH excluding ortho intramolecular Hbond substituents is 3. The molecule has 1 atom stereocenters. The van der Waals surface area contributed by atoms with Crippen molar-refractivity contribution in [3.63, 3.8) is 0 Å². The van der Waals surface area contributed by atoms with Crippen LogP contribution in [-0.2, 0) is 0 Å². The van der Waals surface area contributed by atoms with Crippen molar-refractivity contribution in [1.82, 2.24) is 0 Å². The minimum atomic E-state index is -0.671. The number of carbonyl (C=O) groups excluding carboxylic acids is 2. The average Bonchev–Trinajstić information content (AvgIpc) is 2.53. The van der Waals surface area contributed by atoms with Gasteiger partial charge in [-0.25, -0.2) is 0 Å². The summed E-state index contributed by atoms with van der Waals surface area (Å²) in [7, 11) is 0. The van der Waals surface area contributed by atoms with Crippen molar-refractivity contribution >= 4 is 12.1 Å². The van der Waals surface area contributed by atoms with Crippen LogP contribution >= 0.6 is 0 Å². The van der Waals surface area contributed by atoms with Gasteiger partial charge in [0.1, 0.15) is 34.7 Å². The van der Waals surface area contributed by atoms with Gasteiger partial charge in [-0.3, -0.25) is 9.59 Å². The topological polar surface area (TPSA) is 104 Å². The molecule has 0 aliphatic carbocycles. The van der Waals surface area contributed by atoms with Crippen LogP contribution in [0.1, 0.15) is 44.4 Å². The van der Waals surface area contributed by atoms with Crippen LogP contribution in [0.2, 0.25) is 0 Å². The normalized spacial score (nSPS) is 16.6. The summed E-state index contributed by atoms with van der Waals surface area (Å²) < 4.78 is 5.71. The first-order valence-corrected chi connectivity index (χ1v) is 6.96. The molecule has 0 spiro atoms. The number of hydrogen-bond acceptors (Lipinski definition) is 6. The van der Waals surface area contributed by atoms with E-state index in [0.29, 0.717) is 11.8 Å². The maximum atomic E-state index is 12.4. The fourth-order valence-electron chi connectivity index (χ4n) is 2.67. The van der Waals surface area contributed by atoms with Gasteiger partial charge in [0, 0.05) is 5.56 Å². The molecule has 0 amide bonds. The number of ether oxygens (including phenoxy) is 1. The lowest BCUT2D eigenvalue weighted by atomic mass is 9.91. The molecule has 0 radical (unpaired) electrons. The van der Waals surface area contributed by atoms with Crippen LogP contribution < -0.4 is 4.74 Å². The second-order valence-electron chi connectivity index (χ2n) is 5.38. The first-order chi connectivity index (χ1) is 10.9. The number of aromatic hydroxyl groups is 3. The van der Waals surface area contributed by atoms with Crippen molar-refractivity contribution < 1.29 is 29.6 Å². The molecule has 23 heavy (non-hydrogen) atoms. The standard InChI is InChI=1S/C17H14O6/c1-8-15(21)11(7-18)17-14(16(8)22)12(20)6-13(23-17)9-2-4-10(19)5-3-9/h2-5,7,13,19,21-22H,6H2,1H3/t13-/m0/s1. The van der Waals surface area contributed by atoms with Crippen molar-refractivity contribution in [3.8, 4) is 23.0 Å². The van der Waals surface area contributed by atoms with Gasteiger partial charge in [0.05, 0.1) is 12.0 Å². The number of hydrogen-bond donors (Lipinski definition) is 3. The molecule has 1 aliphatic rings. The smallest absolute Gasteiger partial charge is 0.174 e. The van der Waals surface area contributed by atoms with E-state index in [1.165, 1.54) is 19.1 Å². The summed E-state index contributed by atoms with van der Waals surface area (Å²) in [6.45, 7) is 1.41. The van der Waals surface area contributed by atoms with E-state index in [1.807, 2.05) is 0 Å². The van der Waals surface area contributed by atoms with E-state index < -0.39 is 11.9 Å². The van der Waals surface area contributed by atoms with E-state index in [0.717, 1.165) is 0 Å². The zero-order valence-electron chi connectivity index (χ0n) is 12.2. The van der Waals surface area contributed by atoms with Gasteiger partial charge in [0.2, 0.25) is 0 Å². The van der Waals surface area contributed by atoms with Crippen LogP contribution in [0.5, 0.6) is 23.0 Å². The molecule has 0 aromatic heterocycles. The molecule has 0 saturated carbocycles. The molecule has 2 aromatic rings. The van der Waals surface area contributed by atoms with Crippen molar-refractivity contribution in [3.05, 3.63) is 46.5 Å². The lowest BCUT2D eigenvalue weighted by molar-refractivity contribution is 0.0841. The van der Waals surface area contributed by atoms with Crippen LogP contribution in [0.4, 0.5) is 0 Å². The van der Waals surface area contributed by atoms with Gasteiger partial charge in [-0.1, -0.05) is 12.1 Å². The Morgan fingerprint density at radius 1 is 1.13 bits per heavy atom. The highest BCUT2D eigenvalue weighted by Crippen LogP contribution is 2.46. The molecule has 3 rings (SSSR count). The number of aldehydes is 1. The van der Waals surface area contributed by atoms with Crippen LogP contribution in [0.25, 0.3) is 0 Å². The summed E-state index contributed by atoms with van der Waals surface area (Å²) in [6, 6.07) is 6.13. The number of rotatable bonds is 2. The molecule has 0 saturated heterocycles. The fourth-order valence-corrected chi connectivity index (χ4v) is 2.67. The molecule has 2 aromatic carbocycles. The van der Waals surface area contributed by atoms with E-state index in [4.69, 9.17) is 4.74 Å². The summed E-state index contributed by atoms with van der Waals surface area (Å²) >= 11 is 0. The van der Waals surface area contributed by atoms with Gasteiger partial charge in [0.25, 0.3) is 0 Å². The third kappa shape index (κ3) is 2.28. The van der Waals surface area contributed by atoms with Gasteiger partial charge in [-0.2, -0.15) is 0 Å². The Kier molecular flexibility index (Phi) is 3.44. The number of fused-ring (bicyclic) bond motifs is 1. The zero-order chi connectivity index (χ0) is 16.7. The molecular weight excluding hydrogens is 300 g/mol. The summed E-state index contributed by atoms with van der Waals surface area (Å²) in [5, 5.41) is 29.4. The SMILES string of the molecule is Cc1c(O)c(C=O)c2c(c1O)C(=O)C[C@@H](c1ccc(O)cc1)O2. The number of carbonyl (C=O) groups is 2. The molecule has 0 fully saturated rings. The highest BCUT2D eigenvalue weighted by molar-refractivity contribution is 6.06. The molecule has 6 nitrogen and oxygen atoms in total. The molecule has 0 bridgehead atoms. The van der Waals surface area contributed by atoms with E-state index in [9.17, 15) is 24.9 Å². The van der Waals surface area contributed by atoms with Crippen molar-refractivity contribution in [2.45, 2.75) is 19.4 Å². The summed E-state index contributed by atoms with van der Waals surface area (Å²) in [5.74, 6) is -1.20. The average molecular weight is 314 g/mol. The predicted octanol–water partition coefficient (Wildman–Crippen LogP) is 2.63. The van der Waals surface area contributed by atoms with Gasteiger partial charge in [0.15, 0.2) is 12.1 Å². The Morgan fingerprint density at radius 2 is 1.78 bits per heavy atom. The third-order valence-corrected chi connectivity index (χ3v) is 3.97. The van der Waals surface area contributed by atoms with Gasteiger partial charge >= 0.3 is 0 Å². The lowest BCUT2D eigenvalue weighted by Crippen LogP contribution is -2.22. The first kappa shape index (κ1) is 14.9. The summed E-state index contributed by atoms with van der Waals surface area (Å²) in [6.07, 6.45) is -0.295. The fraction of sp³-hybridized carbons (Fsp3) is 0.176. The second-order valence-corrected chi connectivity index (χ2v) is 5.38. The molecule has 1 aliphatic heterocycles. The second kappa shape index (κ2) is 5.31. The molecule has 1 heterocycles. The molecule has 118 valence electrons. The summed E-state index contributed by atoms with van der Waals surface area (Å²) in [5.41, 5.74) is 0.452. The van der Waals surface area contributed by atoms with Gasteiger partial charge in [-0.05, 0) is 24.6 Å². The molecule has 3 N–H and O–H groups in total. The highest BCUT2D eigenvalue weighted by Gasteiger charge is 2.34. The largest absolute Gasteiger partial charge is 0.508 e. The monoisotopic (exact) mass is 314 g/mol. The summed E-state index contributed by atoms with van der Waals surface area (Å²) in [4.78, 5) is 23.7. The Balaban J connectivity index is 2.14. The zero-order valence-corrected chi connectivity index (χ0v) is 12.2. The van der Waals surface area contributed by atoms with E-state index in [-0.39, 0.29) is 46.1 Å². The van der Waals surface area contributed by atoms with Gasteiger partial charge < -0.3 is 20.1 Å². The van der Waals surface area contributed by atoms with E-state index in [2.05, 4.69) is 0 Å². The quantitative estimate of drug-likeness (QED) is 0.736. The third-order valence-electron chi connectivity index (χ3n) is 3.97. The molecular formula is C17H14O6. The van der Waals surface area contributed by atoms with Crippen molar-refractivity contribution in [2.75, 3.05) is 0 Å². The van der Waals surface area contributed by atoms with Gasteiger partial charge in [-0.15, -0.1) is 0 Å². The lowest BCUT2D eigenvalue weighted by Gasteiger charge is -2.28. The minimum absolute atomic E-state index is 0.0200. The molecule has 0 unspecified atom stereocenters. The highest BCUT2D eigenvalue weighted by atomic mass is 16.5. The number of ketones is 1. The maximum absolute atomic E-state index is 12.4. The van der Waals surface area contributed by atoms with Crippen LogP contribution in [0.15, 0.2) is 24.3 Å². The number of phenols is 3. The Hall–Kier alpha value is -3.02. The number of Topliss-reactive ketones (excluding diaryl/α,β-unsaturated/α-hetero) is 1. The number of benzene rings is 2. The predicted molar refractivity (Wildman–Crippen MR) is 80.3 cm³/mol. The molecule has 6 heteroatoms. The minimum Gasteiger partial charge on any atom is -0.508 e. The van der Waals surface area contributed by atoms with Crippen LogP contribution in [0.3, 0.4) is 0 Å². The van der Waals surface area contributed by atoms with Crippen molar-refractivity contribution in [2.24, 2.45) is 0 Å². The van der Waals surface area contributed by atoms with E-state index >= 15 is 0 Å². The Labute approximate surface area is 131 Å². The van der Waals surface area contributed by atoms with E-state index in [1.54, 1.807) is 12.1 Å². The van der Waals surface area contributed by atoms with Crippen LogP contribution in [-0.4, -0.2) is 27.4 Å². The van der Waals surface area contributed by atoms with Crippen LogP contribution in [0, 0.1) is 6.92 Å². The Bertz CT molecular complexity index is 807.